The van der Waals surface area contributed by atoms with Crippen LogP contribution in [0.4, 0.5) is 5.69 Å². The summed E-state index contributed by atoms with van der Waals surface area (Å²) in [6.07, 6.45) is 0. The Morgan fingerprint density at radius 1 is 1.10 bits per heavy atom. The van der Waals surface area contributed by atoms with E-state index in [9.17, 15) is 13.2 Å². The predicted octanol–water partition coefficient (Wildman–Crippen LogP) is 3.33. The number of furan rings is 1. The number of ether oxygens (including phenoxy) is 2. The van der Waals surface area contributed by atoms with Crippen molar-refractivity contribution in [3.63, 3.8) is 0 Å². The zero-order chi connectivity index (χ0) is 22.2. The molecule has 2 aromatic carbocycles. The number of benzene rings is 2. The summed E-state index contributed by atoms with van der Waals surface area (Å²) in [5.41, 5.74) is 2.24. The first-order valence-corrected chi connectivity index (χ1v) is 11.3. The van der Waals surface area contributed by atoms with E-state index in [0.717, 1.165) is 5.39 Å². The van der Waals surface area contributed by atoms with E-state index in [1.54, 1.807) is 45.2 Å². The van der Waals surface area contributed by atoms with Crippen LogP contribution >= 0.6 is 0 Å². The first-order valence-electron chi connectivity index (χ1n) is 9.88. The van der Waals surface area contributed by atoms with E-state index < -0.39 is 15.9 Å². The lowest BCUT2D eigenvalue weighted by atomic mass is 10.1. The van der Waals surface area contributed by atoms with Gasteiger partial charge < -0.3 is 19.2 Å². The average molecular weight is 445 g/mol. The van der Waals surface area contributed by atoms with Crippen LogP contribution in [0.2, 0.25) is 0 Å². The third kappa shape index (κ3) is 4.04. The van der Waals surface area contributed by atoms with Gasteiger partial charge in [-0.15, -0.1) is 0 Å². The number of sulfonamides is 1. The lowest BCUT2D eigenvalue weighted by Crippen LogP contribution is -2.40. The van der Waals surface area contributed by atoms with Crippen LogP contribution in [0.1, 0.15) is 21.7 Å². The maximum absolute atomic E-state index is 13.1. The highest BCUT2D eigenvalue weighted by Crippen LogP contribution is 2.30. The zero-order valence-electron chi connectivity index (χ0n) is 17.6. The molecular formula is C22H24N2O6S. The van der Waals surface area contributed by atoms with E-state index in [1.807, 2.05) is 6.07 Å². The molecule has 4 rings (SSSR count). The summed E-state index contributed by atoms with van der Waals surface area (Å²) in [5.74, 6) is 0.382. The number of hydrogen-bond acceptors (Lipinski definition) is 6. The first kappa shape index (κ1) is 21.4. The van der Waals surface area contributed by atoms with Crippen molar-refractivity contribution in [2.45, 2.75) is 18.7 Å². The van der Waals surface area contributed by atoms with Crippen LogP contribution in [-0.4, -0.2) is 52.0 Å². The van der Waals surface area contributed by atoms with E-state index in [4.69, 9.17) is 13.9 Å². The molecule has 2 heterocycles. The first-order chi connectivity index (χ1) is 14.8. The van der Waals surface area contributed by atoms with Crippen LogP contribution in [0, 0.1) is 13.8 Å². The highest BCUT2D eigenvalue weighted by Gasteiger charge is 2.28. The summed E-state index contributed by atoms with van der Waals surface area (Å²) in [6, 6.07) is 10.2. The third-order valence-electron chi connectivity index (χ3n) is 5.38. The lowest BCUT2D eigenvalue weighted by molar-refractivity contribution is 0.0730. The fourth-order valence-electron chi connectivity index (χ4n) is 3.61. The highest BCUT2D eigenvalue weighted by atomic mass is 32.2. The molecule has 0 spiro atoms. The number of aryl methyl sites for hydroxylation is 2. The standard InChI is InChI=1S/C22H24N2O6S/c1-14-4-5-16(12-20(14)31(26,27)24-8-10-29-11-9-24)23-22(25)21-15(2)18-13-17(28-3)6-7-19(18)30-21/h4-7,12-13H,8-11H2,1-3H3,(H,23,25). The number of carbonyl (C=O) groups excluding carboxylic acids is 1. The van der Waals surface area contributed by atoms with Crippen LogP contribution in [0.3, 0.4) is 0 Å². The van der Waals surface area contributed by atoms with Gasteiger partial charge in [0.25, 0.3) is 5.91 Å². The van der Waals surface area contributed by atoms with Gasteiger partial charge in [-0.1, -0.05) is 6.07 Å². The van der Waals surface area contributed by atoms with Gasteiger partial charge in [0.05, 0.1) is 25.2 Å². The SMILES string of the molecule is COc1ccc2oc(C(=O)Nc3ccc(C)c(S(=O)(=O)N4CCOCC4)c3)c(C)c2c1. The fourth-order valence-corrected chi connectivity index (χ4v) is 5.27. The number of rotatable bonds is 5. The Kier molecular flexibility index (Phi) is 5.74. The Morgan fingerprint density at radius 3 is 2.55 bits per heavy atom. The van der Waals surface area contributed by atoms with Crippen molar-refractivity contribution in [3.05, 3.63) is 53.3 Å². The molecule has 31 heavy (non-hydrogen) atoms. The second-order valence-electron chi connectivity index (χ2n) is 7.37. The van der Waals surface area contributed by atoms with E-state index in [0.29, 0.717) is 54.5 Å². The Hall–Kier alpha value is -2.88. The molecule has 0 aliphatic carbocycles. The number of anilines is 1. The highest BCUT2D eigenvalue weighted by molar-refractivity contribution is 7.89. The van der Waals surface area contributed by atoms with Gasteiger partial charge in [-0.3, -0.25) is 4.79 Å². The number of morpholine rings is 1. The van der Waals surface area contributed by atoms with Crippen molar-refractivity contribution in [3.8, 4) is 5.75 Å². The molecule has 8 nitrogen and oxygen atoms in total. The molecule has 1 aromatic heterocycles. The van der Waals surface area contributed by atoms with Gasteiger partial charge in [-0.25, -0.2) is 8.42 Å². The fraction of sp³-hybridized carbons (Fsp3) is 0.318. The largest absolute Gasteiger partial charge is 0.497 e. The second kappa shape index (κ2) is 8.33. The maximum atomic E-state index is 13.1. The molecule has 1 saturated heterocycles. The van der Waals surface area contributed by atoms with Crippen molar-refractivity contribution in [2.24, 2.45) is 0 Å². The second-order valence-corrected chi connectivity index (χ2v) is 9.28. The van der Waals surface area contributed by atoms with E-state index >= 15 is 0 Å². The zero-order valence-corrected chi connectivity index (χ0v) is 18.4. The van der Waals surface area contributed by atoms with Crippen LogP contribution in [-0.2, 0) is 14.8 Å². The van der Waals surface area contributed by atoms with E-state index in [1.165, 1.54) is 10.4 Å². The van der Waals surface area contributed by atoms with Gasteiger partial charge in [0.15, 0.2) is 5.76 Å². The summed E-state index contributed by atoms with van der Waals surface area (Å²) in [5, 5.41) is 3.54. The summed E-state index contributed by atoms with van der Waals surface area (Å²) < 4.78 is 43.8. The van der Waals surface area contributed by atoms with Crippen LogP contribution < -0.4 is 10.1 Å². The Morgan fingerprint density at radius 2 is 1.84 bits per heavy atom. The van der Waals surface area contributed by atoms with Crippen molar-refractivity contribution >= 4 is 32.6 Å². The molecule has 0 bridgehead atoms. The van der Waals surface area contributed by atoms with Gasteiger partial charge in [0.1, 0.15) is 11.3 Å². The van der Waals surface area contributed by atoms with Crippen LogP contribution in [0.5, 0.6) is 5.75 Å². The van der Waals surface area contributed by atoms with Gasteiger partial charge in [-0.2, -0.15) is 4.31 Å². The van der Waals surface area contributed by atoms with Crippen LogP contribution in [0.15, 0.2) is 45.7 Å². The molecule has 1 aliphatic rings. The van der Waals surface area contributed by atoms with Gasteiger partial charge in [0, 0.05) is 29.7 Å². The van der Waals surface area contributed by atoms with E-state index in [2.05, 4.69) is 5.32 Å². The van der Waals surface area contributed by atoms with Crippen molar-refractivity contribution in [1.82, 2.24) is 4.31 Å². The molecule has 0 atom stereocenters. The maximum Gasteiger partial charge on any atom is 0.291 e. The Bertz CT molecular complexity index is 1240. The molecule has 9 heteroatoms. The topological polar surface area (TPSA) is 98.1 Å². The minimum absolute atomic E-state index is 0.165. The van der Waals surface area contributed by atoms with E-state index in [-0.39, 0.29) is 10.7 Å². The molecule has 1 fully saturated rings. The van der Waals surface area contributed by atoms with Gasteiger partial charge in [0.2, 0.25) is 10.0 Å². The van der Waals surface area contributed by atoms with Gasteiger partial charge >= 0.3 is 0 Å². The molecule has 0 saturated carbocycles. The molecule has 164 valence electrons. The smallest absolute Gasteiger partial charge is 0.291 e. The summed E-state index contributed by atoms with van der Waals surface area (Å²) in [6.45, 7) is 4.87. The average Bonchev–Trinajstić information content (AvgIpc) is 3.11. The molecule has 3 aromatic rings. The lowest BCUT2D eigenvalue weighted by Gasteiger charge is -2.26. The number of carbonyl (C=O) groups is 1. The number of fused-ring (bicyclic) bond motifs is 1. The predicted molar refractivity (Wildman–Crippen MR) is 116 cm³/mol. The van der Waals surface area contributed by atoms with Crippen molar-refractivity contribution in [2.75, 3.05) is 38.7 Å². The number of nitrogens with one attached hydrogen (secondary N) is 1. The summed E-state index contributed by atoms with van der Waals surface area (Å²) in [7, 11) is -2.11. The van der Waals surface area contributed by atoms with Crippen molar-refractivity contribution in [1.29, 1.82) is 0 Å². The monoisotopic (exact) mass is 444 g/mol. The normalized spacial score (nSPS) is 15.2. The van der Waals surface area contributed by atoms with Crippen molar-refractivity contribution < 1.29 is 27.1 Å². The molecule has 1 amide bonds. The Balaban J connectivity index is 1.63. The minimum atomic E-state index is -3.69. The quantitative estimate of drug-likeness (QED) is 0.648. The van der Waals surface area contributed by atoms with Crippen LogP contribution in [0.25, 0.3) is 11.0 Å². The molecular weight excluding hydrogens is 420 g/mol. The number of hydrogen-bond donors (Lipinski definition) is 1. The number of methoxy groups -OCH3 is 1. The molecule has 0 unspecified atom stereocenters. The molecule has 1 N–H and O–H groups in total. The molecule has 0 radical (unpaired) electrons. The summed E-state index contributed by atoms with van der Waals surface area (Å²) >= 11 is 0. The Labute approximate surface area is 180 Å². The number of nitrogens with zero attached hydrogens (tertiary/aromatic N) is 1. The van der Waals surface area contributed by atoms with Gasteiger partial charge in [-0.05, 0) is 49.7 Å². The third-order valence-corrected chi connectivity index (χ3v) is 7.42. The number of amides is 1. The molecule has 1 aliphatic heterocycles. The summed E-state index contributed by atoms with van der Waals surface area (Å²) in [4.78, 5) is 13.1. The minimum Gasteiger partial charge on any atom is -0.497 e.